The molecule has 46 heavy (non-hydrogen) atoms. The zero-order valence-electron chi connectivity index (χ0n) is 25.7. The van der Waals surface area contributed by atoms with Crippen LogP contribution in [0.2, 0.25) is 0 Å². The van der Waals surface area contributed by atoms with Gasteiger partial charge in [0, 0.05) is 42.2 Å². The number of amides is 2. The molecule has 4 atom stereocenters. The molecule has 5 rings (SSSR count). The number of nitrogens with one attached hydrogen (secondary N) is 2. The minimum absolute atomic E-state index is 0.0162. The first kappa shape index (κ1) is 32.7. The number of carbonyl (C=O) groups is 2. The third-order valence-corrected chi connectivity index (χ3v) is 7.83. The van der Waals surface area contributed by atoms with Crippen molar-refractivity contribution in [2.24, 2.45) is 0 Å². The van der Waals surface area contributed by atoms with Crippen LogP contribution in [0.5, 0.6) is 0 Å². The fraction of sp³-hybridized carbons (Fsp3) is 0.364. The Hall–Kier alpha value is -4.69. The van der Waals surface area contributed by atoms with Gasteiger partial charge < -0.3 is 38.4 Å². The van der Waals surface area contributed by atoms with Crippen molar-refractivity contribution in [3.05, 3.63) is 99.1 Å². The van der Waals surface area contributed by atoms with Crippen molar-refractivity contribution in [3.63, 3.8) is 0 Å². The van der Waals surface area contributed by atoms with Crippen molar-refractivity contribution < 1.29 is 42.9 Å². The largest absolute Gasteiger partial charge is 0.519 e. The highest BCUT2D eigenvalue weighted by molar-refractivity contribution is 5.91. The summed E-state index contributed by atoms with van der Waals surface area (Å²) in [6, 6.07) is 15.3. The molecule has 0 saturated carbocycles. The first-order chi connectivity index (χ1) is 22.1. The third kappa shape index (κ3) is 8.12. The van der Waals surface area contributed by atoms with Gasteiger partial charge in [-0.3, -0.25) is 4.79 Å². The van der Waals surface area contributed by atoms with E-state index in [4.69, 9.17) is 23.1 Å². The van der Waals surface area contributed by atoms with Gasteiger partial charge in [-0.15, -0.1) is 0 Å². The summed E-state index contributed by atoms with van der Waals surface area (Å²) in [6.45, 7) is 5.51. The molecular weight excluding hydrogens is 598 g/mol. The second-order valence-corrected chi connectivity index (χ2v) is 11.2. The van der Waals surface area contributed by atoms with Crippen molar-refractivity contribution in [3.8, 4) is 0 Å². The Morgan fingerprint density at radius 1 is 1.11 bits per heavy atom. The quantitative estimate of drug-likeness (QED) is 0.141. The standard InChI is InChI=1S/C33H37N3O10/c1-19-24(25-6-4-5-7-26(25)34-19)14-15-36(32(40)42-18-28-20(2)44-33(41)45-28)17-23-10-8-22(9-11-23)12-13-29(38)35-46-30-16-27(37)31(39)21(3)43-30/h4-13,21,27,30-31,34,37,39H,14-18H2,1-3H3,(H,35,38)/b13-12+/t21-,27-,30-,31-/m0/s1. The highest BCUT2D eigenvalue weighted by atomic mass is 16.8. The first-order valence-electron chi connectivity index (χ1n) is 14.9. The van der Waals surface area contributed by atoms with E-state index in [1.165, 1.54) is 6.08 Å². The van der Waals surface area contributed by atoms with E-state index in [9.17, 15) is 24.6 Å². The number of aryl methyl sites for hydroxylation is 2. The molecule has 2 aromatic heterocycles. The molecule has 0 spiro atoms. The van der Waals surface area contributed by atoms with Crippen LogP contribution in [0.15, 0.2) is 68.2 Å². The average molecular weight is 636 g/mol. The monoisotopic (exact) mass is 635 g/mol. The zero-order valence-corrected chi connectivity index (χ0v) is 25.7. The van der Waals surface area contributed by atoms with Crippen LogP contribution in [0.3, 0.4) is 0 Å². The lowest BCUT2D eigenvalue weighted by molar-refractivity contribution is -0.262. The fourth-order valence-electron chi connectivity index (χ4n) is 5.25. The molecule has 2 aromatic carbocycles. The fourth-order valence-corrected chi connectivity index (χ4v) is 5.25. The Balaban J connectivity index is 1.21. The van der Waals surface area contributed by atoms with Gasteiger partial charge in [0.25, 0.3) is 5.91 Å². The van der Waals surface area contributed by atoms with E-state index in [1.54, 1.807) is 37.0 Å². The van der Waals surface area contributed by atoms with Gasteiger partial charge in [-0.25, -0.2) is 19.9 Å². The third-order valence-electron chi connectivity index (χ3n) is 7.83. The van der Waals surface area contributed by atoms with E-state index < -0.39 is 42.4 Å². The summed E-state index contributed by atoms with van der Waals surface area (Å²) in [7, 11) is 0. The van der Waals surface area contributed by atoms with Crippen LogP contribution in [0, 0.1) is 13.8 Å². The molecule has 3 heterocycles. The van der Waals surface area contributed by atoms with Gasteiger partial charge in [-0.1, -0.05) is 42.5 Å². The molecule has 2 amide bonds. The molecule has 0 radical (unpaired) electrons. The number of H-pyrrole nitrogens is 1. The lowest BCUT2D eigenvalue weighted by Gasteiger charge is -2.34. The summed E-state index contributed by atoms with van der Waals surface area (Å²) in [5, 5.41) is 20.7. The van der Waals surface area contributed by atoms with E-state index >= 15 is 0 Å². The lowest BCUT2D eigenvalue weighted by atomic mass is 10.0. The van der Waals surface area contributed by atoms with Crippen LogP contribution in [0.25, 0.3) is 17.0 Å². The molecule has 1 fully saturated rings. The maximum Gasteiger partial charge on any atom is 0.519 e. The number of carbonyl (C=O) groups excluding carboxylic acids is 2. The molecule has 1 aliphatic heterocycles. The minimum Gasteiger partial charge on any atom is -0.441 e. The Morgan fingerprint density at radius 3 is 2.59 bits per heavy atom. The number of aromatic nitrogens is 1. The van der Waals surface area contributed by atoms with Gasteiger partial charge in [-0.05, 0) is 56.0 Å². The number of hydrogen-bond donors (Lipinski definition) is 4. The number of fused-ring (bicyclic) bond motifs is 1. The minimum atomic E-state index is -1.02. The topological polar surface area (TPSA) is 177 Å². The van der Waals surface area contributed by atoms with Crippen molar-refractivity contribution in [2.45, 2.75) is 71.4 Å². The highest BCUT2D eigenvalue weighted by Gasteiger charge is 2.35. The Bertz CT molecular complexity index is 1730. The molecule has 1 saturated heterocycles. The summed E-state index contributed by atoms with van der Waals surface area (Å²) in [4.78, 5) is 47.1. The smallest absolute Gasteiger partial charge is 0.441 e. The van der Waals surface area contributed by atoms with Gasteiger partial charge in [0.2, 0.25) is 0 Å². The molecule has 0 unspecified atom stereocenters. The van der Waals surface area contributed by atoms with E-state index in [0.29, 0.717) is 13.0 Å². The SMILES string of the molecule is Cc1[nH]c2ccccc2c1CCN(Cc1ccc(/C=C/C(=O)NO[C@H]2C[C@H](O)[C@@H](O)[C@H](C)O2)cc1)C(=O)OCc1oc(=O)oc1C. The molecule has 0 bridgehead atoms. The van der Waals surface area contributed by atoms with Crippen molar-refractivity contribution >= 4 is 29.0 Å². The molecule has 0 aliphatic carbocycles. The summed E-state index contributed by atoms with van der Waals surface area (Å²) in [6.07, 6.45) is -0.669. The first-order valence-corrected chi connectivity index (χ1v) is 14.9. The van der Waals surface area contributed by atoms with Crippen LogP contribution in [0.4, 0.5) is 4.79 Å². The van der Waals surface area contributed by atoms with Crippen molar-refractivity contribution in [1.29, 1.82) is 0 Å². The Labute approximate surface area is 264 Å². The van der Waals surface area contributed by atoms with Crippen LogP contribution in [-0.2, 0) is 38.7 Å². The second-order valence-electron chi connectivity index (χ2n) is 11.2. The number of aliphatic hydroxyl groups is 2. The molecule has 13 heteroatoms. The number of hydroxylamine groups is 1. The number of aromatic amines is 1. The molecule has 4 aromatic rings. The molecule has 13 nitrogen and oxygen atoms in total. The Morgan fingerprint density at radius 2 is 1.87 bits per heavy atom. The molecular formula is C33H37N3O10. The normalized spacial score (nSPS) is 19.8. The predicted octanol–water partition coefficient (Wildman–Crippen LogP) is 3.63. The van der Waals surface area contributed by atoms with Crippen molar-refractivity contribution in [1.82, 2.24) is 15.4 Å². The summed E-state index contributed by atoms with van der Waals surface area (Å²) < 4.78 is 20.7. The predicted molar refractivity (Wildman–Crippen MR) is 165 cm³/mol. The number of rotatable bonds is 11. The summed E-state index contributed by atoms with van der Waals surface area (Å²) >= 11 is 0. The van der Waals surface area contributed by atoms with E-state index in [2.05, 4.69) is 10.5 Å². The zero-order chi connectivity index (χ0) is 32.8. The number of benzene rings is 2. The number of hydrogen-bond acceptors (Lipinski definition) is 10. The second kappa shape index (κ2) is 14.6. The lowest BCUT2D eigenvalue weighted by Crippen LogP contribution is -2.49. The van der Waals surface area contributed by atoms with Crippen molar-refractivity contribution in [2.75, 3.05) is 6.54 Å². The summed E-state index contributed by atoms with van der Waals surface area (Å²) in [5.74, 6) is -0.999. The van der Waals surface area contributed by atoms with Gasteiger partial charge in [0.15, 0.2) is 24.4 Å². The maximum atomic E-state index is 13.3. The van der Waals surface area contributed by atoms with E-state index in [0.717, 1.165) is 33.3 Å². The van der Waals surface area contributed by atoms with Crippen LogP contribution >= 0.6 is 0 Å². The average Bonchev–Trinajstić information content (AvgIpc) is 3.54. The molecule has 244 valence electrons. The number of para-hydroxylation sites is 1. The van der Waals surface area contributed by atoms with E-state index in [-0.39, 0.29) is 31.1 Å². The highest BCUT2D eigenvalue weighted by Crippen LogP contribution is 2.23. The van der Waals surface area contributed by atoms with E-state index in [1.807, 2.05) is 43.3 Å². The summed E-state index contributed by atoms with van der Waals surface area (Å²) in [5.41, 5.74) is 6.97. The number of nitrogens with zero attached hydrogens (tertiary/aromatic N) is 1. The van der Waals surface area contributed by atoms with Gasteiger partial charge in [0.1, 0.15) is 6.10 Å². The van der Waals surface area contributed by atoms with Crippen LogP contribution in [0.1, 0.15) is 47.2 Å². The van der Waals surface area contributed by atoms with Crippen LogP contribution in [-0.4, -0.2) is 63.2 Å². The number of ether oxygens (including phenoxy) is 2. The Kier molecular flexibility index (Phi) is 10.4. The van der Waals surface area contributed by atoms with Crippen LogP contribution < -0.4 is 11.3 Å². The molecule has 4 N–H and O–H groups in total. The van der Waals surface area contributed by atoms with Gasteiger partial charge in [-0.2, -0.15) is 0 Å². The van der Waals surface area contributed by atoms with Gasteiger partial charge in [0.05, 0.1) is 12.2 Å². The maximum absolute atomic E-state index is 13.3. The van der Waals surface area contributed by atoms with Gasteiger partial charge >= 0.3 is 11.9 Å². The molecule has 1 aliphatic rings. The number of aliphatic hydroxyl groups excluding tert-OH is 2.